The molecule has 0 saturated carbocycles. The van der Waals surface area contributed by atoms with E-state index in [1.54, 1.807) is 0 Å². The van der Waals surface area contributed by atoms with Gasteiger partial charge in [-0.15, -0.1) is 41.0 Å². The van der Waals surface area contributed by atoms with E-state index in [0.717, 1.165) is 48.9 Å². The monoisotopic (exact) mass is 1530 g/mol. The smallest absolute Gasteiger partial charge is 0.326 e. The predicted molar refractivity (Wildman–Crippen MR) is 220 cm³/mol. The molecule has 0 spiro atoms. The van der Waals surface area contributed by atoms with Crippen molar-refractivity contribution in [2.75, 3.05) is 0 Å². The van der Waals surface area contributed by atoms with Gasteiger partial charge in [-0.05, 0) is 49.9 Å². The maximum absolute atomic E-state index is 8.49. The molecule has 30 heteroatoms. The quantitative estimate of drug-likeness (QED) is 0.0474. The molecule has 4 heterocycles. The maximum atomic E-state index is 8.49. The Morgan fingerprint density at radius 3 is 0.808 bits per heavy atom. The minimum absolute atomic E-state index is 0. The number of aromatic nitrogens is 8. The van der Waals surface area contributed by atoms with Gasteiger partial charge in [0.1, 0.15) is 0 Å². The molecule has 0 atom stereocenters. The number of benzene rings is 4. The van der Waals surface area contributed by atoms with Gasteiger partial charge in [0.15, 0.2) is 0 Å². The summed E-state index contributed by atoms with van der Waals surface area (Å²) in [6.45, 7) is 12.1. The van der Waals surface area contributed by atoms with Crippen LogP contribution >= 0.6 is 0 Å². The summed E-state index contributed by atoms with van der Waals surface area (Å²) in [6.07, 6.45) is 37.9. The molecule has 0 unspecified atom stereocenters. The van der Waals surface area contributed by atoms with Crippen LogP contribution in [0.5, 0.6) is 0 Å². The van der Waals surface area contributed by atoms with Crippen LogP contribution in [0.2, 0.25) is 0 Å². The number of hydrogen-bond donors (Lipinski definition) is 0. The molecule has 0 aliphatic rings. The number of aryl methyl sites for hydroxylation is 4. The van der Waals surface area contributed by atoms with Crippen LogP contribution in [-0.2, 0) is 70.9 Å². The first kappa shape index (κ1) is 71.2. The molecule has 78 heavy (non-hydrogen) atoms. The number of nitrogens with zero attached hydrogens (tertiary/aromatic N) is 8. The Bertz CT molecular complexity index is 2550. The zero-order valence-electron chi connectivity index (χ0n) is 41.2. The Hall–Kier alpha value is -4.80. The Morgan fingerprint density at radius 1 is 0.359 bits per heavy atom. The fourth-order valence-electron chi connectivity index (χ4n) is 6.06. The molecule has 0 aliphatic carbocycles. The summed E-state index contributed by atoms with van der Waals surface area (Å²) in [5.41, 5.74) is 9.14. The van der Waals surface area contributed by atoms with E-state index in [9.17, 15) is 0 Å². The van der Waals surface area contributed by atoms with Gasteiger partial charge in [0.2, 0.25) is 25.3 Å². The maximum Gasteiger partial charge on any atom is 1.00 e. The van der Waals surface area contributed by atoms with Crippen molar-refractivity contribution in [3.8, 4) is 22.7 Å². The molecule has 0 radical (unpaired) electrons. The zero-order valence-corrected chi connectivity index (χ0v) is 48.6. The summed E-state index contributed by atoms with van der Waals surface area (Å²) >= 11 is 0. The minimum Gasteiger partial charge on any atom is -0.326 e. The third-order valence-corrected chi connectivity index (χ3v) is 9.51. The van der Waals surface area contributed by atoms with E-state index in [1.165, 1.54) is 22.3 Å². The average Bonchev–Trinajstić information content (AvgIpc) is 4.20. The number of imidazole rings is 4. The van der Waals surface area contributed by atoms with Crippen molar-refractivity contribution in [1.29, 1.82) is 0 Å². The minimum atomic E-state index is -4.94. The second kappa shape index (κ2) is 34.4. The number of hydrogen-bond acceptors (Lipinski definition) is 16. The topological polar surface area (TPSA) is 404 Å². The first-order valence-electron chi connectivity index (χ1n) is 21.8. The Balaban J connectivity index is 0.000000569. The molecule has 0 saturated heterocycles. The van der Waals surface area contributed by atoms with Gasteiger partial charge in [0.05, 0.1) is 48.9 Å². The Kier molecular flexibility index (Phi) is 31.4. The first-order chi connectivity index (χ1) is 35.5. The van der Waals surface area contributed by atoms with Gasteiger partial charge in [-0.2, -0.15) is 0 Å². The molecule has 8 aromatic rings. The molecule has 4 aromatic heterocycles. The van der Waals surface area contributed by atoms with E-state index in [0.29, 0.717) is 0 Å². The molecule has 428 valence electrons. The summed E-state index contributed by atoms with van der Waals surface area (Å²) in [4.78, 5) is 0. The molecule has 0 amide bonds. The van der Waals surface area contributed by atoms with Crippen molar-refractivity contribution >= 4 is 24.3 Å². The first-order valence-corrected chi connectivity index (χ1v) is 26.7. The Morgan fingerprint density at radius 2 is 0.603 bits per heavy atom. The van der Waals surface area contributed by atoms with E-state index < -0.39 is 41.0 Å². The van der Waals surface area contributed by atoms with Crippen LogP contribution in [0.4, 0.5) is 0 Å². The molecule has 0 fully saturated rings. The van der Waals surface area contributed by atoms with Crippen molar-refractivity contribution in [3.05, 3.63) is 194 Å². The van der Waals surface area contributed by atoms with Gasteiger partial charge < -0.3 is 36.5 Å². The summed E-state index contributed by atoms with van der Waals surface area (Å²) in [6, 6.07) is 33.9. The van der Waals surface area contributed by atoms with E-state index in [2.05, 4.69) is 174 Å². The van der Waals surface area contributed by atoms with Gasteiger partial charge in [-0.1, -0.05) is 121 Å². The van der Waals surface area contributed by atoms with Crippen molar-refractivity contribution in [3.63, 3.8) is 0 Å². The third-order valence-electron chi connectivity index (χ3n) is 9.51. The van der Waals surface area contributed by atoms with Gasteiger partial charge in [-0.3, -0.25) is 0 Å². The summed E-state index contributed by atoms with van der Waals surface area (Å²) in [7, 11) is -19.8. The van der Waals surface area contributed by atoms with Gasteiger partial charge >= 0.3 is 44.8 Å². The molecule has 0 N–H and O–H groups in total. The van der Waals surface area contributed by atoms with Gasteiger partial charge in [-0.25, -0.2) is 74.5 Å². The predicted octanol–water partition coefficient (Wildman–Crippen LogP) is -11.7. The normalized spacial score (nSPS) is 11.2. The molecule has 0 aliphatic heterocycles. The average molecular weight is 1530 g/mol. The van der Waals surface area contributed by atoms with E-state index >= 15 is 0 Å². The molecule has 24 nitrogen and oxygen atoms in total. The summed E-state index contributed by atoms with van der Waals surface area (Å²) in [5.74, 6) is 0. The van der Waals surface area contributed by atoms with Gasteiger partial charge in [0, 0.05) is 49.6 Å². The van der Waals surface area contributed by atoms with Crippen LogP contribution in [-0.4, -0.2) is 18.3 Å². The fourth-order valence-corrected chi connectivity index (χ4v) is 6.06. The largest absolute Gasteiger partial charge is 1.00 e. The van der Waals surface area contributed by atoms with Crippen LogP contribution in [0, 0.1) is 66.3 Å². The van der Waals surface area contributed by atoms with Crippen LogP contribution in [0.25, 0.3) is 47.1 Å². The molecule has 0 bridgehead atoms. The molecular weight excluding hydrogens is 1480 g/mol. The van der Waals surface area contributed by atoms with Crippen LogP contribution in [0.15, 0.2) is 147 Å². The van der Waals surface area contributed by atoms with E-state index in [4.69, 9.17) is 74.5 Å². The SMILES string of the molecule is CCn1[c-][n+](-c2ccc(/C=C/c3ccc(-n4[c-][n+](CC)cc4)cc3)cc2)cc1.CCn1[c-][n+](-c2ccc(/C=C/c3ccc(-n4[c-][n+](CC)cc4)cc3)cc2)cc1.[Au+].[Au+].[O-][Cl+3]([O-])([O-])[O-].[O-][Cl+3]([O-])([O-])[O-].[O-][Cl+3]([O-])([O-])[O-].[O-][Cl+3]([O-])([O-])[O-]. The van der Waals surface area contributed by atoms with E-state index in [-0.39, 0.29) is 44.8 Å². The second-order valence-corrected chi connectivity index (χ2v) is 17.8. The summed E-state index contributed by atoms with van der Waals surface area (Å²) < 4.78 is 152. The number of halogens is 4. The van der Waals surface area contributed by atoms with Crippen LogP contribution in [0.3, 0.4) is 0 Å². The van der Waals surface area contributed by atoms with Gasteiger partial charge in [0.25, 0.3) is 0 Å². The zero-order chi connectivity index (χ0) is 56.7. The molecule has 8 rings (SSSR count). The molecule has 4 aromatic carbocycles. The van der Waals surface area contributed by atoms with Crippen molar-refractivity contribution in [1.82, 2.24) is 18.3 Å². The number of rotatable bonds is 12. The van der Waals surface area contributed by atoms with Crippen molar-refractivity contribution in [2.45, 2.75) is 53.9 Å². The standard InChI is InChI=1S/2C24H24N4.2Au.4ClHO4/c2*1-3-25-15-17-27(19-25)23-11-7-21(8-12-23)5-6-22-9-13-24(14-10-22)28-18-16-26(4-2)20-28;;;4*2-1(3,4)5/h2*5-18H,3-4H2,1-2H3;;;4*(H,2,3,4,5)/q;;2*+1;;;;/p-4/b2*6-5+;;;;;;. The second-order valence-electron chi connectivity index (χ2n) is 14.8. The fraction of sp³-hybridized carbons (Fsp3) is 0.167. The van der Waals surface area contributed by atoms with E-state index in [1.807, 2.05) is 86.1 Å². The van der Waals surface area contributed by atoms with Crippen LogP contribution in [0.1, 0.15) is 49.9 Å². The third kappa shape index (κ3) is 31.7. The Labute approximate surface area is 488 Å². The van der Waals surface area contributed by atoms with Crippen molar-refractivity contribution < 1.29 is 179 Å². The van der Waals surface area contributed by atoms with Crippen molar-refractivity contribution in [2.24, 2.45) is 0 Å². The van der Waals surface area contributed by atoms with Crippen LogP contribution < -0.4 is 92.8 Å². The summed E-state index contributed by atoms with van der Waals surface area (Å²) in [5, 5.41) is 0. The molecular formula is C48H48Au2Cl4N8O16-2.